The zero-order chi connectivity index (χ0) is 26.2. The van der Waals surface area contributed by atoms with Gasteiger partial charge in [0.05, 0.1) is 19.3 Å². The number of benzene rings is 1. The number of ketones is 1. The van der Waals surface area contributed by atoms with Crippen LogP contribution in [-0.2, 0) is 23.5 Å². The van der Waals surface area contributed by atoms with Crippen LogP contribution in [0.4, 0.5) is 0 Å². The fourth-order valence-electron chi connectivity index (χ4n) is 5.23. The van der Waals surface area contributed by atoms with E-state index < -0.39 is 49.5 Å². The van der Waals surface area contributed by atoms with Gasteiger partial charge in [-0.3, -0.25) is 14.4 Å². The first-order chi connectivity index (χ1) is 16.3. The first kappa shape index (κ1) is 27.6. The van der Waals surface area contributed by atoms with E-state index >= 15 is 0 Å². The van der Waals surface area contributed by atoms with Crippen molar-refractivity contribution < 1.29 is 33.4 Å². The van der Waals surface area contributed by atoms with Gasteiger partial charge in [0.1, 0.15) is 0 Å². The molecule has 0 saturated heterocycles. The summed E-state index contributed by atoms with van der Waals surface area (Å²) in [5.74, 6) is -3.02. The van der Waals surface area contributed by atoms with Crippen molar-refractivity contribution in [3.63, 3.8) is 0 Å². The van der Waals surface area contributed by atoms with E-state index in [-0.39, 0.29) is 43.5 Å². The molecule has 35 heavy (non-hydrogen) atoms. The molecular formula is C27H40O7Si. The van der Waals surface area contributed by atoms with Gasteiger partial charge in [0.15, 0.2) is 19.5 Å². The van der Waals surface area contributed by atoms with E-state index in [1.165, 1.54) is 0 Å². The molecule has 4 atom stereocenters. The molecule has 7 nitrogen and oxygen atoms in total. The maximum absolute atomic E-state index is 13.8. The summed E-state index contributed by atoms with van der Waals surface area (Å²) in [4.78, 5) is 40.1. The fraction of sp³-hybridized carbons (Fsp3) is 0.667. The Kier molecular flexibility index (Phi) is 7.99. The minimum absolute atomic E-state index is 0.00577. The van der Waals surface area contributed by atoms with Crippen LogP contribution in [0.3, 0.4) is 0 Å². The molecule has 0 radical (unpaired) electrons. The lowest BCUT2D eigenvalue weighted by atomic mass is 9.79. The Morgan fingerprint density at radius 1 is 1.06 bits per heavy atom. The molecule has 0 unspecified atom stereocenters. The predicted octanol–water partition coefficient (Wildman–Crippen LogP) is 4.69. The van der Waals surface area contributed by atoms with E-state index in [2.05, 4.69) is 33.9 Å². The van der Waals surface area contributed by atoms with Gasteiger partial charge in [0.2, 0.25) is 0 Å². The molecule has 0 bridgehead atoms. The van der Waals surface area contributed by atoms with Crippen molar-refractivity contribution in [3.05, 3.63) is 35.4 Å². The molecule has 2 aliphatic carbocycles. The lowest BCUT2D eigenvalue weighted by Crippen LogP contribution is -2.44. The smallest absolute Gasteiger partial charge is 0.323 e. The average Bonchev–Trinajstić information content (AvgIpc) is 3.17. The number of hydrogen-bond donors (Lipinski definition) is 1. The third-order valence-electron chi connectivity index (χ3n) is 8.28. The number of aliphatic hydroxyl groups is 1. The summed E-state index contributed by atoms with van der Waals surface area (Å²) in [7, 11) is -2.17. The molecule has 1 aromatic rings. The molecule has 1 saturated carbocycles. The number of hydrogen-bond acceptors (Lipinski definition) is 7. The van der Waals surface area contributed by atoms with Crippen molar-refractivity contribution in [1.82, 2.24) is 0 Å². The minimum atomic E-state index is -2.17. The molecule has 0 spiro atoms. The highest BCUT2D eigenvalue weighted by atomic mass is 28.4. The van der Waals surface area contributed by atoms with Gasteiger partial charge in [-0.25, -0.2) is 0 Å². The number of carbonyl (C=O) groups excluding carboxylic acids is 3. The maximum Gasteiger partial charge on any atom is 0.323 e. The third-order valence-corrected chi connectivity index (χ3v) is 12.8. The van der Waals surface area contributed by atoms with Crippen LogP contribution in [0.5, 0.6) is 0 Å². The van der Waals surface area contributed by atoms with Crippen molar-refractivity contribution in [2.24, 2.45) is 23.2 Å². The second kappa shape index (κ2) is 10.1. The normalized spacial score (nSPS) is 25.9. The Bertz CT molecular complexity index is 947. The van der Waals surface area contributed by atoms with E-state index in [0.29, 0.717) is 11.1 Å². The Hall–Kier alpha value is -2.03. The molecule has 0 aliphatic heterocycles. The first-order valence-corrected chi connectivity index (χ1v) is 15.5. The quantitative estimate of drug-likeness (QED) is 0.327. The highest BCUT2D eigenvalue weighted by Crippen LogP contribution is 2.55. The zero-order valence-corrected chi connectivity index (χ0v) is 23.1. The molecule has 0 amide bonds. The monoisotopic (exact) mass is 504 g/mol. The molecule has 8 heteroatoms. The van der Waals surface area contributed by atoms with Crippen LogP contribution in [0.15, 0.2) is 24.3 Å². The Labute approximate surface area is 209 Å². The molecule has 2 aliphatic rings. The van der Waals surface area contributed by atoms with Gasteiger partial charge in [-0.2, -0.15) is 0 Å². The lowest BCUT2D eigenvalue weighted by Gasteiger charge is -2.39. The number of ether oxygens (including phenoxy) is 2. The average molecular weight is 505 g/mol. The summed E-state index contributed by atoms with van der Waals surface area (Å²) in [5.41, 5.74) is -0.555. The van der Waals surface area contributed by atoms with E-state index in [4.69, 9.17) is 13.9 Å². The van der Waals surface area contributed by atoms with E-state index in [1.54, 1.807) is 32.0 Å². The van der Waals surface area contributed by atoms with Crippen LogP contribution < -0.4 is 0 Å². The predicted molar refractivity (Wildman–Crippen MR) is 134 cm³/mol. The molecule has 194 valence electrons. The van der Waals surface area contributed by atoms with Crippen LogP contribution in [-0.4, -0.2) is 51.0 Å². The number of carbonyl (C=O) groups is 3. The van der Waals surface area contributed by atoms with Crippen LogP contribution in [0.2, 0.25) is 18.1 Å². The van der Waals surface area contributed by atoms with Crippen LogP contribution in [0, 0.1) is 23.2 Å². The number of rotatable bonds is 7. The summed E-state index contributed by atoms with van der Waals surface area (Å²) in [6.45, 7) is 14.6. The second-order valence-electron chi connectivity index (χ2n) is 11.3. The Morgan fingerprint density at radius 3 is 2.17 bits per heavy atom. The number of Topliss-reactive ketones (excluding diaryl/α,β-unsaturated/α-hetero) is 1. The van der Waals surface area contributed by atoms with Crippen LogP contribution >= 0.6 is 0 Å². The van der Waals surface area contributed by atoms with Crippen molar-refractivity contribution in [2.45, 2.75) is 71.7 Å². The second-order valence-corrected chi connectivity index (χ2v) is 16.1. The largest absolute Gasteiger partial charge is 0.465 e. The van der Waals surface area contributed by atoms with Gasteiger partial charge < -0.3 is 19.0 Å². The van der Waals surface area contributed by atoms with Crippen molar-refractivity contribution in [1.29, 1.82) is 0 Å². The van der Waals surface area contributed by atoms with Crippen LogP contribution in [0.1, 0.15) is 69.5 Å². The highest BCUT2D eigenvalue weighted by molar-refractivity contribution is 6.74. The number of aliphatic hydroxyl groups excluding tert-OH is 1. The van der Waals surface area contributed by atoms with Gasteiger partial charge in [-0.05, 0) is 56.3 Å². The van der Waals surface area contributed by atoms with E-state index in [1.807, 2.05) is 6.07 Å². The minimum Gasteiger partial charge on any atom is -0.465 e. The van der Waals surface area contributed by atoms with Crippen LogP contribution in [0.25, 0.3) is 0 Å². The Morgan fingerprint density at radius 2 is 1.63 bits per heavy atom. The van der Waals surface area contributed by atoms with Crippen molar-refractivity contribution in [2.75, 3.05) is 19.8 Å². The van der Waals surface area contributed by atoms with Gasteiger partial charge in [0.25, 0.3) is 0 Å². The number of fused-ring (bicyclic) bond motifs is 2. The molecule has 3 rings (SSSR count). The molecule has 1 fully saturated rings. The van der Waals surface area contributed by atoms with E-state index in [9.17, 15) is 19.5 Å². The standard InChI is InChI=1S/C27H40O7Si/c1-8-32-24(30)27(25(31)33-9-2)14-19-20(15-27)22(28)17-12-10-11-13-18(17)23(29)21(19)16-34-35(6,7)26(3,4)5/h10-13,19-21,23,29H,8-9,14-16H2,1-7H3/t19-,20-,21+,23+/m0/s1. The lowest BCUT2D eigenvalue weighted by molar-refractivity contribution is -0.172. The summed E-state index contributed by atoms with van der Waals surface area (Å²) >= 11 is 0. The summed E-state index contributed by atoms with van der Waals surface area (Å²) in [5, 5.41) is 11.5. The first-order valence-electron chi connectivity index (χ1n) is 12.6. The van der Waals surface area contributed by atoms with Gasteiger partial charge in [-0.15, -0.1) is 0 Å². The third kappa shape index (κ3) is 4.97. The van der Waals surface area contributed by atoms with Gasteiger partial charge in [-0.1, -0.05) is 45.0 Å². The fourth-order valence-corrected chi connectivity index (χ4v) is 6.27. The summed E-state index contributed by atoms with van der Waals surface area (Å²) < 4.78 is 17.2. The Balaban J connectivity index is 2.09. The van der Waals surface area contributed by atoms with E-state index in [0.717, 1.165) is 0 Å². The topological polar surface area (TPSA) is 99.1 Å². The number of esters is 2. The van der Waals surface area contributed by atoms with Gasteiger partial charge >= 0.3 is 11.9 Å². The SMILES string of the molecule is CCOC(=O)C1(C(=O)OCC)C[C@@H]2[C@@H](CO[Si](C)(C)C(C)(C)C)[C@H](O)c3ccccc3C(=O)[C@H]2C1. The highest BCUT2D eigenvalue weighted by Gasteiger charge is 2.62. The molecule has 1 aromatic carbocycles. The van der Waals surface area contributed by atoms with Crippen molar-refractivity contribution in [3.8, 4) is 0 Å². The molecule has 1 N–H and O–H groups in total. The molecular weight excluding hydrogens is 464 g/mol. The zero-order valence-electron chi connectivity index (χ0n) is 22.1. The summed E-state index contributed by atoms with van der Waals surface area (Å²) in [6.07, 6.45) is -0.876. The summed E-state index contributed by atoms with van der Waals surface area (Å²) in [6, 6.07) is 7.07. The van der Waals surface area contributed by atoms with Crippen molar-refractivity contribution >= 4 is 26.0 Å². The maximum atomic E-state index is 13.8. The molecule has 0 aromatic heterocycles. The molecule has 0 heterocycles. The van der Waals surface area contributed by atoms with Gasteiger partial charge in [0, 0.05) is 24.0 Å².